The molecule has 16 heavy (non-hydrogen) atoms. The van der Waals surface area contributed by atoms with Gasteiger partial charge in [0.25, 0.3) is 0 Å². The third kappa shape index (κ3) is 3.94. The van der Waals surface area contributed by atoms with E-state index in [4.69, 9.17) is 5.73 Å². The lowest BCUT2D eigenvalue weighted by atomic mass is 10.0. The number of amides is 1. The third-order valence-electron chi connectivity index (χ3n) is 2.37. The van der Waals surface area contributed by atoms with Crippen LogP contribution in [0.3, 0.4) is 0 Å². The van der Waals surface area contributed by atoms with E-state index in [1.54, 1.807) is 6.07 Å². The van der Waals surface area contributed by atoms with Crippen LogP contribution < -0.4 is 11.1 Å². The molecule has 1 rings (SSSR count). The third-order valence-corrected chi connectivity index (χ3v) is 2.37. The van der Waals surface area contributed by atoms with Crippen molar-refractivity contribution in [3.63, 3.8) is 0 Å². The van der Waals surface area contributed by atoms with Crippen LogP contribution in [-0.2, 0) is 4.79 Å². The van der Waals surface area contributed by atoms with Crippen LogP contribution in [0.2, 0.25) is 0 Å². The van der Waals surface area contributed by atoms with Crippen LogP contribution in [0.15, 0.2) is 18.2 Å². The first-order chi connectivity index (χ1) is 7.65. The van der Waals surface area contributed by atoms with Gasteiger partial charge in [0, 0.05) is 6.42 Å². The zero-order valence-corrected chi connectivity index (χ0v) is 9.24. The van der Waals surface area contributed by atoms with Gasteiger partial charge in [0.2, 0.25) is 11.9 Å². The Morgan fingerprint density at radius 1 is 1.62 bits per heavy atom. The number of nitrogens with zero attached hydrogens (tertiary/aromatic N) is 1. The average molecular weight is 225 g/mol. The Morgan fingerprint density at radius 3 is 2.94 bits per heavy atom. The Bertz CT molecular complexity index is 353. The fourth-order valence-corrected chi connectivity index (χ4v) is 1.33. The molecule has 3 N–H and O–H groups in total. The number of anilines is 1. The fraction of sp³-hybridized carbons (Fsp3) is 0.455. The molecule has 1 atom stereocenters. The van der Waals surface area contributed by atoms with Gasteiger partial charge in [0.1, 0.15) is 5.82 Å². The molecule has 1 aromatic heterocycles. The number of halogens is 1. The SMILES string of the molecule is CCC(CN)CC(=O)Nc1cccc(F)n1. The Kier molecular flexibility index (Phi) is 4.85. The second-order valence-electron chi connectivity index (χ2n) is 3.61. The van der Waals surface area contributed by atoms with Gasteiger partial charge in [-0.3, -0.25) is 4.79 Å². The van der Waals surface area contributed by atoms with Crippen LogP contribution in [-0.4, -0.2) is 17.4 Å². The summed E-state index contributed by atoms with van der Waals surface area (Å²) in [6.45, 7) is 2.45. The van der Waals surface area contributed by atoms with E-state index in [2.05, 4.69) is 10.3 Å². The average Bonchev–Trinajstić information content (AvgIpc) is 2.26. The molecule has 1 heterocycles. The van der Waals surface area contributed by atoms with E-state index in [-0.39, 0.29) is 17.6 Å². The molecule has 0 spiro atoms. The Labute approximate surface area is 94.1 Å². The lowest BCUT2D eigenvalue weighted by Crippen LogP contribution is -2.22. The standard InChI is InChI=1S/C11H16FN3O/c1-2-8(7-13)6-11(16)15-10-5-3-4-9(12)14-10/h3-5,8H,2,6-7,13H2,1H3,(H,14,15,16). The Hall–Kier alpha value is -1.49. The van der Waals surface area contributed by atoms with Crippen molar-refractivity contribution in [1.82, 2.24) is 4.98 Å². The van der Waals surface area contributed by atoms with E-state index in [9.17, 15) is 9.18 Å². The van der Waals surface area contributed by atoms with Crippen molar-refractivity contribution in [1.29, 1.82) is 0 Å². The lowest BCUT2D eigenvalue weighted by molar-refractivity contribution is -0.117. The normalized spacial score (nSPS) is 12.2. The van der Waals surface area contributed by atoms with Gasteiger partial charge in [-0.1, -0.05) is 19.4 Å². The molecule has 4 nitrogen and oxygen atoms in total. The molecule has 0 aromatic carbocycles. The number of carbonyl (C=O) groups is 1. The summed E-state index contributed by atoms with van der Waals surface area (Å²) in [5.74, 6) is -0.399. The van der Waals surface area contributed by atoms with Gasteiger partial charge in [-0.2, -0.15) is 4.39 Å². The lowest BCUT2D eigenvalue weighted by Gasteiger charge is -2.11. The van der Waals surface area contributed by atoms with E-state index >= 15 is 0 Å². The highest BCUT2D eigenvalue weighted by Gasteiger charge is 2.11. The smallest absolute Gasteiger partial charge is 0.225 e. The number of hydrogen-bond donors (Lipinski definition) is 2. The molecule has 0 fully saturated rings. The van der Waals surface area contributed by atoms with Gasteiger partial charge in [0.05, 0.1) is 0 Å². The highest BCUT2D eigenvalue weighted by atomic mass is 19.1. The van der Waals surface area contributed by atoms with Crippen molar-refractivity contribution < 1.29 is 9.18 Å². The summed E-state index contributed by atoms with van der Waals surface area (Å²) in [6, 6.07) is 4.27. The van der Waals surface area contributed by atoms with Crippen LogP contribution in [0.5, 0.6) is 0 Å². The molecule has 88 valence electrons. The van der Waals surface area contributed by atoms with Gasteiger partial charge in [-0.05, 0) is 24.6 Å². The molecule has 1 unspecified atom stereocenters. The number of rotatable bonds is 5. The maximum atomic E-state index is 12.7. The van der Waals surface area contributed by atoms with E-state index < -0.39 is 5.95 Å². The van der Waals surface area contributed by atoms with Gasteiger partial charge in [0.15, 0.2) is 0 Å². The van der Waals surface area contributed by atoms with Crippen molar-refractivity contribution in [3.05, 3.63) is 24.1 Å². The summed E-state index contributed by atoms with van der Waals surface area (Å²) >= 11 is 0. The van der Waals surface area contributed by atoms with Crippen molar-refractivity contribution >= 4 is 11.7 Å². The van der Waals surface area contributed by atoms with Gasteiger partial charge in [-0.25, -0.2) is 4.98 Å². The minimum absolute atomic E-state index is 0.161. The first kappa shape index (κ1) is 12.6. The summed E-state index contributed by atoms with van der Waals surface area (Å²) in [7, 11) is 0. The van der Waals surface area contributed by atoms with E-state index in [0.29, 0.717) is 13.0 Å². The van der Waals surface area contributed by atoms with Gasteiger partial charge < -0.3 is 11.1 Å². The number of aromatic nitrogens is 1. The second kappa shape index (κ2) is 6.17. The molecule has 0 aliphatic heterocycles. The van der Waals surface area contributed by atoms with Crippen molar-refractivity contribution in [3.8, 4) is 0 Å². The molecule has 0 bridgehead atoms. The Morgan fingerprint density at radius 2 is 2.38 bits per heavy atom. The fourth-order valence-electron chi connectivity index (χ4n) is 1.33. The van der Waals surface area contributed by atoms with E-state index in [1.807, 2.05) is 6.92 Å². The molecular weight excluding hydrogens is 209 g/mol. The second-order valence-corrected chi connectivity index (χ2v) is 3.61. The maximum Gasteiger partial charge on any atom is 0.225 e. The van der Waals surface area contributed by atoms with Crippen LogP contribution in [0.1, 0.15) is 19.8 Å². The number of hydrogen-bond acceptors (Lipinski definition) is 3. The quantitative estimate of drug-likeness (QED) is 0.747. The van der Waals surface area contributed by atoms with Crippen molar-refractivity contribution in [2.75, 3.05) is 11.9 Å². The molecule has 0 radical (unpaired) electrons. The zero-order chi connectivity index (χ0) is 12.0. The monoisotopic (exact) mass is 225 g/mol. The van der Waals surface area contributed by atoms with E-state index in [0.717, 1.165) is 6.42 Å². The highest BCUT2D eigenvalue weighted by molar-refractivity contribution is 5.89. The Balaban J connectivity index is 2.51. The van der Waals surface area contributed by atoms with Crippen LogP contribution in [0.25, 0.3) is 0 Å². The molecule has 5 heteroatoms. The van der Waals surface area contributed by atoms with Crippen molar-refractivity contribution in [2.24, 2.45) is 11.7 Å². The number of nitrogens with two attached hydrogens (primary N) is 1. The summed E-state index contributed by atoms with van der Waals surface area (Å²) in [6.07, 6.45) is 1.19. The predicted octanol–water partition coefficient (Wildman–Crippen LogP) is 1.53. The van der Waals surface area contributed by atoms with E-state index in [1.165, 1.54) is 12.1 Å². The zero-order valence-electron chi connectivity index (χ0n) is 9.24. The topological polar surface area (TPSA) is 68.0 Å². The highest BCUT2D eigenvalue weighted by Crippen LogP contribution is 2.09. The van der Waals surface area contributed by atoms with Crippen LogP contribution in [0, 0.1) is 11.9 Å². The van der Waals surface area contributed by atoms with Gasteiger partial charge >= 0.3 is 0 Å². The number of nitrogens with one attached hydrogen (secondary N) is 1. The minimum atomic E-state index is -0.608. The van der Waals surface area contributed by atoms with Crippen LogP contribution in [0.4, 0.5) is 10.2 Å². The molecular formula is C11H16FN3O. The maximum absolute atomic E-state index is 12.7. The molecule has 0 aliphatic carbocycles. The predicted molar refractivity (Wildman–Crippen MR) is 60.3 cm³/mol. The van der Waals surface area contributed by atoms with Crippen LogP contribution >= 0.6 is 0 Å². The first-order valence-corrected chi connectivity index (χ1v) is 5.28. The van der Waals surface area contributed by atoms with Gasteiger partial charge in [-0.15, -0.1) is 0 Å². The molecule has 0 aliphatic rings. The number of pyridine rings is 1. The summed E-state index contributed by atoms with van der Waals surface area (Å²) in [5, 5.41) is 2.54. The summed E-state index contributed by atoms with van der Waals surface area (Å²) in [5.41, 5.74) is 5.49. The van der Waals surface area contributed by atoms with Crippen molar-refractivity contribution in [2.45, 2.75) is 19.8 Å². The summed E-state index contributed by atoms with van der Waals surface area (Å²) in [4.78, 5) is 15.1. The summed E-state index contributed by atoms with van der Waals surface area (Å²) < 4.78 is 12.7. The largest absolute Gasteiger partial charge is 0.330 e. The molecule has 0 saturated heterocycles. The number of carbonyl (C=O) groups excluding carboxylic acids is 1. The molecule has 1 amide bonds. The minimum Gasteiger partial charge on any atom is -0.330 e. The molecule has 1 aromatic rings. The molecule has 0 saturated carbocycles. The first-order valence-electron chi connectivity index (χ1n) is 5.28.